The molecule has 12 nitrogen and oxygen atoms in total. The van der Waals surface area contributed by atoms with Crippen LogP contribution in [0.15, 0.2) is 207 Å². The topological polar surface area (TPSA) is 110 Å². The Balaban J connectivity index is 0.000000297. The van der Waals surface area contributed by atoms with Gasteiger partial charge in [0.2, 0.25) is 11.8 Å². The Kier molecular flexibility index (Phi) is 12.3. The second-order valence-electron chi connectivity index (χ2n) is 21.3. The number of hydrogen-bond acceptors (Lipinski definition) is 10. The van der Waals surface area contributed by atoms with E-state index in [2.05, 4.69) is 9.47 Å². The molecule has 0 radical (unpaired) electrons. The zero-order valence-corrected chi connectivity index (χ0v) is 56.0. The summed E-state index contributed by atoms with van der Waals surface area (Å²) in [7, 11) is 1.40. The summed E-state index contributed by atoms with van der Waals surface area (Å²) in [5.41, 5.74) is -24.4. The molecule has 0 bridgehead atoms. The predicted octanol–water partition coefficient (Wildman–Crippen LogP) is 17.7. The van der Waals surface area contributed by atoms with Crippen LogP contribution in [0.2, 0.25) is 0 Å². The van der Waals surface area contributed by atoms with Gasteiger partial charge in [0.25, 0.3) is 0 Å². The van der Waals surface area contributed by atoms with Crippen LogP contribution in [-0.4, -0.2) is 119 Å². The van der Waals surface area contributed by atoms with Crippen LogP contribution >= 0.6 is 23.5 Å². The van der Waals surface area contributed by atoms with Crippen molar-refractivity contribution in [2.24, 2.45) is 0 Å². The van der Waals surface area contributed by atoms with E-state index in [0.29, 0.717) is 30.7 Å². The molecule has 2 aliphatic heterocycles. The van der Waals surface area contributed by atoms with Crippen LogP contribution in [0.1, 0.15) is 143 Å². The number of nitrogens with zero attached hydrogens (tertiary/aromatic N) is 6. The molecule has 4 heterocycles. The molecular formula is C82H80F10N6O6S2. The van der Waals surface area contributed by atoms with Gasteiger partial charge in [0, 0.05) is 145 Å². The van der Waals surface area contributed by atoms with Crippen molar-refractivity contribution < 1.29 is 129 Å². The van der Waals surface area contributed by atoms with Crippen molar-refractivity contribution in [3.8, 4) is 22.3 Å². The summed E-state index contributed by atoms with van der Waals surface area (Å²) in [6, 6.07) is -21.9. The first-order chi connectivity index (χ1) is 69.4. The number of para-hydroxylation sites is 2. The van der Waals surface area contributed by atoms with E-state index in [-0.39, 0.29) is 38.1 Å². The second-order valence-corrected chi connectivity index (χ2v) is 22.9. The molecule has 8 aromatic carbocycles. The fourth-order valence-electron chi connectivity index (χ4n) is 9.27. The highest BCUT2D eigenvalue weighted by molar-refractivity contribution is 7.98. The van der Waals surface area contributed by atoms with E-state index >= 15 is 22.8 Å². The molecule has 1 atom stereocenters. The van der Waals surface area contributed by atoms with Gasteiger partial charge in [0.15, 0.2) is 34.1 Å². The maximum absolute atomic E-state index is 16.2. The second kappa shape index (κ2) is 35.1. The highest BCUT2D eigenvalue weighted by Gasteiger charge is 2.35. The summed E-state index contributed by atoms with van der Waals surface area (Å²) in [5.74, 6) is -13.4. The molecule has 10 aromatic rings. The minimum absolute atomic E-state index is 0.119. The van der Waals surface area contributed by atoms with E-state index in [1.165, 1.54) is 24.3 Å². The number of methoxy groups -OCH3 is 2. The average molecular weight is 1550 g/mol. The number of fused-ring (bicyclic) bond motifs is 2. The minimum Gasteiger partial charge on any atom is -0.383 e. The van der Waals surface area contributed by atoms with Gasteiger partial charge in [-0.3, -0.25) is 19.2 Å². The predicted molar refractivity (Wildman–Crippen MR) is 395 cm³/mol. The molecule has 0 spiro atoms. The molecule has 2 saturated heterocycles. The van der Waals surface area contributed by atoms with Crippen molar-refractivity contribution in [2.45, 2.75) is 111 Å². The Morgan fingerprint density at radius 1 is 0.585 bits per heavy atom. The van der Waals surface area contributed by atoms with Gasteiger partial charge in [-0.1, -0.05) is 115 Å². The number of benzene rings is 8. The molecule has 24 heteroatoms. The Labute approximate surface area is 684 Å². The van der Waals surface area contributed by atoms with Gasteiger partial charge < -0.3 is 38.2 Å². The summed E-state index contributed by atoms with van der Waals surface area (Å²) < 4.78 is 581. The lowest BCUT2D eigenvalue weighted by Crippen LogP contribution is -2.49. The molecule has 2 aromatic heterocycles. The number of piperidine rings is 2. The SMILES string of the molecule is [2H]C([2H])(CN1C([2H])([2H])C([2H])([2H])C([2H])(N(C(=O)C([2H])([2H])n2c(SC([2H])([2H])c3cccc(F)c3F)cc(=O)c3ccccc32)C([2H])(C)c2ccc(-c3ccc(C(F)(F)F)cc3)cc2)C([2H])([2H])C1([2H])[2H])OC.[2H]c1c([2H])c(F)c(F)c(C([2H])([2H])Sc2c([2H])c(=O)c3c([2H])c([2H])c([2H])c([2H])c3n2C([2H])([2H])C(=O)N(C([2H])([2H])c2c([2H])c([2H])c(-c3c([2H])c([2H])c(C(F)(F)F)c([2H])c3[2H])c([2H])c2C)C2([2H])C([2H])([2H])C([2H])([2H])N(CC([2H])([2H])OC)C([2H])([2H])C2([2H])[2H])c1[2H]. The first-order valence-corrected chi connectivity index (χ1v) is 31.6. The monoisotopic (exact) mass is 1550 g/mol. The molecular weight excluding hydrogens is 1420 g/mol. The van der Waals surface area contributed by atoms with Crippen LogP contribution in [0.4, 0.5) is 43.9 Å². The molecule has 2 amide bonds. The molecule has 0 aliphatic carbocycles. The van der Waals surface area contributed by atoms with Crippen molar-refractivity contribution in [2.75, 3.05) is 66.4 Å². The van der Waals surface area contributed by atoms with Gasteiger partial charge >= 0.3 is 12.4 Å². The van der Waals surface area contributed by atoms with Gasteiger partial charge in [0.1, 0.15) is 13.0 Å². The van der Waals surface area contributed by atoms with Crippen molar-refractivity contribution in [1.29, 1.82) is 0 Å². The minimum atomic E-state index is -5.60. The number of aromatic nitrogens is 2. The smallest absolute Gasteiger partial charge is 0.383 e. The van der Waals surface area contributed by atoms with Crippen LogP contribution < -0.4 is 10.9 Å². The number of thioether (sulfide) groups is 2. The van der Waals surface area contributed by atoms with Crippen molar-refractivity contribution in [3.63, 3.8) is 0 Å². The Morgan fingerprint density at radius 3 is 1.81 bits per heavy atom. The maximum Gasteiger partial charge on any atom is 0.416 e. The number of likely N-dealkylation sites (tertiary alicyclic amines) is 2. The molecule has 2 fully saturated rings. The normalized spacial score (nSPS) is 26.7. The number of hydrogen-bond donors (Lipinski definition) is 0. The summed E-state index contributed by atoms with van der Waals surface area (Å²) in [6.45, 7) is -39.8. The molecule has 556 valence electrons. The molecule has 1 unspecified atom stereocenters. The third kappa shape index (κ3) is 19.0. The number of amides is 2. The highest BCUT2D eigenvalue weighted by atomic mass is 32.2. The van der Waals surface area contributed by atoms with Gasteiger partial charge in [-0.15, -0.1) is 23.5 Å². The average Bonchev–Trinajstić information content (AvgIpc) is 0.657. The zero-order chi connectivity index (χ0) is 118. The molecule has 12 rings (SSSR count). The largest absolute Gasteiger partial charge is 0.416 e. The number of rotatable bonds is 24. The number of pyridine rings is 2. The lowest BCUT2D eigenvalue weighted by Gasteiger charge is -2.42. The fourth-order valence-corrected chi connectivity index (χ4v) is 10.8. The summed E-state index contributed by atoms with van der Waals surface area (Å²) in [4.78, 5) is 57.1. The van der Waals surface area contributed by atoms with Crippen molar-refractivity contribution >= 4 is 57.1 Å². The van der Waals surface area contributed by atoms with Crippen LogP contribution in [-0.2, 0) is 62.3 Å². The van der Waals surface area contributed by atoms with Crippen LogP contribution in [0.3, 0.4) is 0 Å². The lowest BCUT2D eigenvalue weighted by molar-refractivity contribution is -0.138. The third-order valence-electron chi connectivity index (χ3n) is 14.5. The Bertz CT molecular complexity index is 7330. The first-order valence-electron chi connectivity index (χ1n) is 54.0. The quantitative estimate of drug-likeness (QED) is 0.0428. The highest BCUT2D eigenvalue weighted by Crippen LogP contribution is 2.37. The van der Waals surface area contributed by atoms with Crippen LogP contribution in [0.5, 0.6) is 0 Å². The van der Waals surface area contributed by atoms with E-state index in [0.717, 1.165) is 74.7 Å². The zero-order valence-electron chi connectivity index (χ0n) is 102. The van der Waals surface area contributed by atoms with Crippen molar-refractivity contribution in [1.82, 2.24) is 28.7 Å². The molecule has 2 aliphatic rings. The molecule has 106 heavy (non-hydrogen) atoms. The fraction of sp³-hybridized carbons (Fsp3) is 0.317. The Morgan fingerprint density at radius 2 is 1.16 bits per heavy atom. The number of alkyl halides is 6. The number of carbonyl (C=O) groups is 2. The number of halogens is 10. The van der Waals surface area contributed by atoms with E-state index in [4.69, 9.17) is 42.5 Å². The third-order valence-corrected chi connectivity index (χ3v) is 16.1. The van der Waals surface area contributed by atoms with Gasteiger partial charge in [-0.05, 0) is 139 Å². The molecule has 0 N–H and O–H groups in total. The van der Waals surface area contributed by atoms with Gasteiger partial charge in [-0.2, -0.15) is 26.3 Å². The number of carbonyl (C=O) groups excluding carboxylic acids is 2. The van der Waals surface area contributed by atoms with E-state index in [1.54, 1.807) is 0 Å². The van der Waals surface area contributed by atoms with E-state index in [9.17, 15) is 63.6 Å². The summed E-state index contributed by atoms with van der Waals surface area (Å²) in [6.07, 6.45) is -28.9. The molecule has 0 saturated carbocycles. The standard InChI is InChI=1S/2C41H40F5N3O3S/c1-27(28-10-12-29(13-11-28)30-14-16-32(17-15-30)41(44,45)46)49(33-18-20-47(21-19-33)22-23-52-2)38(51)25-48-36-9-4-3-7-34(36)37(50)24-39(48)53-26-31-6-5-8-35(42)40(31)43;1-27-22-29(28-12-14-32(15-13-28)41(44,45)46)10-11-30(27)24-48(33-16-18-47(19-17-33)20-21-52-2)38(51)25-49-36-9-4-3-7-34(36)37(50)23-39(49)53-26-31-6-5-8-35(42)40(31)43/h3-17,24,27,33H,18-23,25-26H2,1-2H3;3-15,22-23,33H,16-21,24-26H2,1-2H3/i18D2,19D2,20D2,21D2,23D2,25D2,26D2,27D,33D;3D,4D,5D,6D,7D,8D,9D,10D,11D,12D,13D,14D,15D,16D2,17D2,18D2,19D2,21D2,22D,23D,24D2,25D2,26D2,33D. The van der Waals surface area contributed by atoms with Crippen LogP contribution in [0.25, 0.3) is 44.1 Å². The maximum atomic E-state index is 16.2. The number of ether oxygens (including phenoxy) is 2. The van der Waals surface area contributed by atoms with E-state index in [1.807, 2.05) is 0 Å². The first kappa shape index (κ1) is 37.2. The van der Waals surface area contributed by atoms with E-state index < -0.39 is 378 Å². The summed E-state index contributed by atoms with van der Waals surface area (Å²) in [5, 5.41) is -4.65. The van der Waals surface area contributed by atoms with Gasteiger partial charge in [-0.25, -0.2) is 17.6 Å². The van der Waals surface area contributed by atoms with Gasteiger partial charge in [0.05, 0.1) is 89.7 Å². The van der Waals surface area contributed by atoms with Crippen molar-refractivity contribution in [3.05, 3.63) is 270 Å². The summed E-state index contributed by atoms with van der Waals surface area (Å²) >= 11 is -1.03. The lowest BCUT2D eigenvalue weighted by atomic mass is 9.96. The Hall–Kier alpha value is -9.04. The van der Waals surface area contributed by atoms with Crippen LogP contribution in [0, 0.1) is 30.2 Å².